The summed E-state index contributed by atoms with van der Waals surface area (Å²) in [4.78, 5) is 23.7. The van der Waals surface area contributed by atoms with Crippen LogP contribution in [0, 0.1) is 0 Å². The Morgan fingerprint density at radius 1 is 1.12 bits per heavy atom. The second kappa shape index (κ2) is 6.95. The number of hydrogen-bond acceptors (Lipinski definition) is 4. The topological polar surface area (TPSA) is 77.0 Å². The number of methoxy groups -OCH3 is 1. The molecule has 0 amide bonds. The lowest BCUT2D eigenvalue weighted by Crippen LogP contribution is -2.17. The summed E-state index contributed by atoms with van der Waals surface area (Å²) in [5.41, 5.74) is 2.10. The van der Waals surface area contributed by atoms with E-state index in [0.717, 1.165) is 11.1 Å². The van der Waals surface area contributed by atoms with Gasteiger partial charge in [0.05, 0.1) is 12.8 Å². The molecule has 0 fully saturated rings. The Morgan fingerprint density at radius 2 is 1.83 bits per heavy atom. The van der Waals surface area contributed by atoms with Crippen molar-refractivity contribution in [1.29, 1.82) is 0 Å². The maximum absolute atomic E-state index is 12.3. The minimum atomic E-state index is -0.320. The van der Waals surface area contributed by atoms with Crippen molar-refractivity contribution in [1.82, 2.24) is 14.8 Å². The van der Waals surface area contributed by atoms with E-state index >= 15 is 0 Å². The molecular weight excluding hydrogens is 306 g/mol. The summed E-state index contributed by atoms with van der Waals surface area (Å²) in [6.45, 7) is 0. The van der Waals surface area contributed by atoms with Gasteiger partial charge in [-0.25, -0.2) is 14.5 Å². The highest BCUT2D eigenvalue weighted by atomic mass is 16.5. The van der Waals surface area contributed by atoms with E-state index in [0.29, 0.717) is 17.9 Å². The van der Waals surface area contributed by atoms with Crippen molar-refractivity contribution in [2.24, 2.45) is 0 Å². The van der Waals surface area contributed by atoms with Gasteiger partial charge in [0, 0.05) is 12.0 Å². The van der Waals surface area contributed by atoms with Crippen molar-refractivity contribution in [3.8, 4) is 17.1 Å². The lowest BCUT2D eigenvalue weighted by molar-refractivity contribution is -0.140. The Kier molecular flexibility index (Phi) is 4.56. The SMILES string of the molecule is COC(=O)CCc1ccccc1-n1c(-c2ccccc2)n[nH]c1=O. The number of carbonyl (C=O) groups excluding carboxylic acids is 1. The molecule has 6 heteroatoms. The van der Waals surface area contributed by atoms with Crippen LogP contribution in [0.15, 0.2) is 59.4 Å². The normalized spacial score (nSPS) is 10.5. The zero-order valence-electron chi connectivity index (χ0n) is 13.2. The Morgan fingerprint density at radius 3 is 2.58 bits per heavy atom. The maximum Gasteiger partial charge on any atom is 0.348 e. The van der Waals surface area contributed by atoms with Crippen molar-refractivity contribution in [2.75, 3.05) is 7.11 Å². The van der Waals surface area contributed by atoms with Gasteiger partial charge in [-0.3, -0.25) is 4.79 Å². The molecule has 1 aromatic heterocycles. The molecule has 6 nitrogen and oxygen atoms in total. The fourth-order valence-corrected chi connectivity index (χ4v) is 2.58. The molecule has 0 unspecified atom stereocenters. The molecule has 24 heavy (non-hydrogen) atoms. The molecule has 3 rings (SSSR count). The van der Waals surface area contributed by atoms with Crippen LogP contribution < -0.4 is 5.69 Å². The van der Waals surface area contributed by atoms with E-state index in [4.69, 9.17) is 4.74 Å². The molecule has 0 bridgehead atoms. The molecule has 0 atom stereocenters. The number of benzene rings is 2. The molecule has 0 radical (unpaired) electrons. The number of aryl methyl sites for hydroxylation is 1. The summed E-state index contributed by atoms with van der Waals surface area (Å²) in [5, 5.41) is 6.65. The quantitative estimate of drug-likeness (QED) is 0.731. The molecule has 0 aliphatic heterocycles. The first-order valence-electron chi connectivity index (χ1n) is 7.58. The van der Waals surface area contributed by atoms with Gasteiger partial charge in [0.15, 0.2) is 5.82 Å². The van der Waals surface area contributed by atoms with Crippen LogP contribution in [0.3, 0.4) is 0 Å². The third-order valence-electron chi connectivity index (χ3n) is 3.76. The summed E-state index contributed by atoms with van der Waals surface area (Å²) in [5.74, 6) is 0.249. The van der Waals surface area contributed by atoms with Crippen LogP contribution >= 0.6 is 0 Å². The first kappa shape index (κ1) is 15.7. The van der Waals surface area contributed by atoms with Crippen LogP contribution in [-0.4, -0.2) is 27.8 Å². The molecule has 0 spiro atoms. The molecule has 3 aromatic rings. The minimum absolute atomic E-state index is 0.251. The number of hydrogen-bond donors (Lipinski definition) is 1. The van der Waals surface area contributed by atoms with Crippen molar-refractivity contribution < 1.29 is 9.53 Å². The number of carbonyl (C=O) groups is 1. The van der Waals surface area contributed by atoms with E-state index in [1.54, 1.807) is 0 Å². The summed E-state index contributed by atoms with van der Waals surface area (Å²) in [6.07, 6.45) is 0.732. The zero-order chi connectivity index (χ0) is 16.9. The molecule has 1 heterocycles. The first-order chi connectivity index (χ1) is 11.7. The van der Waals surface area contributed by atoms with E-state index in [9.17, 15) is 9.59 Å². The molecular formula is C18H17N3O3. The highest BCUT2D eigenvalue weighted by Gasteiger charge is 2.15. The van der Waals surface area contributed by atoms with Crippen LogP contribution in [0.1, 0.15) is 12.0 Å². The minimum Gasteiger partial charge on any atom is -0.469 e. The van der Waals surface area contributed by atoms with Gasteiger partial charge in [-0.1, -0.05) is 48.5 Å². The highest BCUT2D eigenvalue weighted by Crippen LogP contribution is 2.21. The Balaban J connectivity index is 2.06. The van der Waals surface area contributed by atoms with Gasteiger partial charge in [-0.05, 0) is 18.1 Å². The van der Waals surface area contributed by atoms with Crippen molar-refractivity contribution in [3.63, 3.8) is 0 Å². The molecule has 0 saturated heterocycles. The second-order valence-electron chi connectivity index (χ2n) is 5.26. The maximum atomic E-state index is 12.3. The van der Waals surface area contributed by atoms with Crippen molar-refractivity contribution >= 4 is 5.97 Å². The van der Waals surface area contributed by atoms with Crippen molar-refractivity contribution in [2.45, 2.75) is 12.8 Å². The lowest BCUT2D eigenvalue weighted by atomic mass is 10.1. The highest BCUT2D eigenvalue weighted by molar-refractivity contribution is 5.70. The van der Waals surface area contributed by atoms with Gasteiger partial charge in [0.1, 0.15) is 0 Å². The zero-order valence-corrected chi connectivity index (χ0v) is 13.2. The van der Waals surface area contributed by atoms with E-state index in [2.05, 4.69) is 10.2 Å². The first-order valence-corrected chi connectivity index (χ1v) is 7.58. The lowest BCUT2D eigenvalue weighted by Gasteiger charge is -2.11. The predicted molar refractivity (Wildman–Crippen MR) is 90.0 cm³/mol. The number of esters is 1. The predicted octanol–water partition coefficient (Wildman–Crippen LogP) is 2.33. The van der Waals surface area contributed by atoms with E-state index in [1.807, 2.05) is 54.6 Å². The Hall–Kier alpha value is -3.15. The number of rotatable bonds is 5. The Labute approximate surface area is 138 Å². The molecule has 0 aliphatic carbocycles. The van der Waals surface area contributed by atoms with Gasteiger partial charge >= 0.3 is 11.7 Å². The van der Waals surface area contributed by atoms with Gasteiger partial charge < -0.3 is 4.74 Å². The molecule has 0 aliphatic rings. The standard InChI is InChI=1S/C18H17N3O3/c1-24-16(22)12-11-13-7-5-6-10-15(13)21-17(19-20-18(21)23)14-8-3-2-4-9-14/h2-10H,11-12H2,1H3,(H,20,23). The summed E-state index contributed by atoms with van der Waals surface area (Å²) in [7, 11) is 1.36. The fourth-order valence-electron chi connectivity index (χ4n) is 2.58. The number of aromatic nitrogens is 3. The number of H-pyrrole nitrogens is 1. The average Bonchev–Trinajstić information content (AvgIpc) is 3.02. The fraction of sp³-hybridized carbons (Fsp3) is 0.167. The third-order valence-corrected chi connectivity index (χ3v) is 3.76. The smallest absolute Gasteiger partial charge is 0.348 e. The van der Waals surface area contributed by atoms with E-state index in [-0.39, 0.29) is 18.1 Å². The van der Waals surface area contributed by atoms with E-state index in [1.165, 1.54) is 11.7 Å². The number of nitrogens with zero attached hydrogens (tertiary/aromatic N) is 2. The van der Waals surface area contributed by atoms with Gasteiger partial charge in [0.25, 0.3) is 0 Å². The monoisotopic (exact) mass is 323 g/mol. The van der Waals surface area contributed by atoms with Crippen LogP contribution in [0.5, 0.6) is 0 Å². The summed E-state index contributed by atoms with van der Waals surface area (Å²) in [6, 6.07) is 16.9. The summed E-state index contributed by atoms with van der Waals surface area (Å²) >= 11 is 0. The average molecular weight is 323 g/mol. The van der Waals surface area contributed by atoms with Crippen LogP contribution in [0.4, 0.5) is 0 Å². The number of nitrogens with one attached hydrogen (secondary N) is 1. The third kappa shape index (κ3) is 3.12. The van der Waals surface area contributed by atoms with Crippen LogP contribution in [0.2, 0.25) is 0 Å². The molecule has 2 aromatic carbocycles. The largest absolute Gasteiger partial charge is 0.469 e. The number of para-hydroxylation sites is 1. The van der Waals surface area contributed by atoms with Gasteiger partial charge in [-0.2, -0.15) is 5.10 Å². The molecule has 1 N–H and O–H groups in total. The molecule has 0 saturated carbocycles. The second-order valence-corrected chi connectivity index (χ2v) is 5.26. The van der Waals surface area contributed by atoms with E-state index < -0.39 is 0 Å². The molecule has 122 valence electrons. The number of aromatic amines is 1. The number of ether oxygens (including phenoxy) is 1. The van der Waals surface area contributed by atoms with Crippen LogP contribution in [-0.2, 0) is 16.0 Å². The van der Waals surface area contributed by atoms with Gasteiger partial charge in [0.2, 0.25) is 0 Å². The van der Waals surface area contributed by atoms with Gasteiger partial charge in [-0.15, -0.1) is 0 Å². The Bertz CT molecular complexity index is 897. The van der Waals surface area contributed by atoms with Crippen molar-refractivity contribution in [3.05, 3.63) is 70.6 Å². The summed E-state index contributed by atoms with van der Waals surface area (Å²) < 4.78 is 6.22. The van der Waals surface area contributed by atoms with Crippen LogP contribution in [0.25, 0.3) is 17.1 Å².